The average molecular weight is 1840 g/mol. The highest BCUT2D eigenvalue weighted by atomic mass is 15.2. The van der Waals surface area contributed by atoms with Gasteiger partial charge in [-0.15, -0.1) is 0 Å². The minimum Gasteiger partial charge on any atom is -0.309 e. The first-order chi connectivity index (χ1) is 71.9. The first kappa shape index (κ1) is 78.2. The Morgan fingerprint density at radius 3 is 1.06 bits per heavy atom. The van der Waals surface area contributed by atoms with Gasteiger partial charge < -0.3 is 22.3 Å². The number of para-hydroxylation sites is 9. The van der Waals surface area contributed by atoms with E-state index in [0.29, 0.717) is 17.4 Å². The number of fused-ring (bicyclic) bond motifs is 39. The lowest BCUT2D eigenvalue weighted by atomic mass is 10.0. The highest BCUT2D eigenvalue weighted by Gasteiger charge is 2.31. The van der Waals surface area contributed by atoms with Gasteiger partial charge in [0.2, 0.25) is 5.95 Å². The zero-order chi connectivity index (χ0) is 94.2. The topological polar surface area (TPSA) is 110 Å². The third-order valence-electron chi connectivity index (χ3n) is 31.2. The maximum absolute atomic E-state index is 5.27. The number of aromatic nitrogens is 13. The normalized spacial score (nSPS) is 12.4. The summed E-state index contributed by atoms with van der Waals surface area (Å²) in [5.74, 6) is 1.34. The van der Waals surface area contributed by atoms with E-state index in [1.165, 1.54) is 217 Å². The van der Waals surface area contributed by atoms with Crippen LogP contribution >= 0.6 is 0 Å². The van der Waals surface area contributed by atoms with Crippen LogP contribution in [0.2, 0.25) is 0 Å². The fourth-order valence-electron chi connectivity index (χ4n) is 25.1. The molecular weight excluding hydrogens is 1770 g/mol. The minimum absolute atomic E-state index is 0.629. The molecule has 0 radical (unpaired) electrons. The van der Waals surface area contributed by atoms with E-state index in [1.807, 2.05) is 18.3 Å². The molecule has 0 bridgehead atoms. The third kappa shape index (κ3) is 10.9. The van der Waals surface area contributed by atoms with Crippen molar-refractivity contribution in [2.75, 3.05) is 0 Å². The van der Waals surface area contributed by atoms with E-state index in [0.717, 1.165) is 77.8 Å². The monoisotopic (exact) mass is 1840 g/mol. The zero-order valence-corrected chi connectivity index (χ0v) is 77.6. The van der Waals surface area contributed by atoms with Crippen LogP contribution in [0, 0.1) is 0 Å². The van der Waals surface area contributed by atoms with Crippen molar-refractivity contribution in [1.29, 1.82) is 0 Å². The fourth-order valence-corrected chi connectivity index (χ4v) is 25.1. The van der Waals surface area contributed by atoms with Crippen molar-refractivity contribution >= 4 is 267 Å². The van der Waals surface area contributed by atoms with Crippen LogP contribution in [0.5, 0.6) is 0 Å². The van der Waals surface area contributed by atoms with Gasteiger partial charge in [-0.05, 0) is 207 Å². The van der Waals surface area contributed by atoms with Crippen molar-refractivity contribution in [3.8, 4) is 45.7 Å². The molecule has 0 atom stereocenters. The zero-order valence-electron chi connectivity index (χ0n) is 77.6. The van der Waals surface area contributed by atoms with Crippen molar-refractivity contribution in [3.63, 3.8) is 0 Å². The molecule has 0 spiro atoms. The van der Waals surface area contributed by atoms with E-state index in [4.69, 9.17) is 24.9 Å². The first-order valence-electron chi connectivity index (χ1n) is 49.4. The number of hydrogen-bond donors (Lipinski definition) is 0. The molecule has 0 amide bonds. The second-order valence-electron chi connectivity index (χ2n) is 38.8. The van der Waals surface area contributed by atoms with Crippen molar-refractivity contribution in [3.05, 3.63) is 455 Å². The number of pyridine rings is 2. The molecule has 668 valence electrons. The highest BCUT2D eigenvalue weighted by molar-refractivity contribution is 6.39. The Morgan fingerprint density at radius 2 is 0.552 bits per heavy atom. The van der Waals surface area contributed by atoms with Crippen molar-refractivity contribution in [2.24, 2.45) is 0 Å². The summed E-state index contributed by atoms with van der Waals surface area (Å²) in [5.41, 5.74) is 28.2. The summed E-state index contributed by atoms with van der Waals surface area (Å²) >= 11 is 0. The summed E-state index contributed by atoms with van der Waals surface area (Å²) < 4.78 is 16.9. The Kier molecular flexibility index (Phi) is 15.9. The lowest BCUT2D eigenvalue weighted by Crippen LogP contribution is -2.02. The molecule has 145 heavy (non-hydrogen) atoms. The molecule has 21 aromatic carbocycles. The molecule has 0 unspecified atom stereocenters. The Bertz CT molecular complexity index is 11800. The molecule has 0 N–H and O–H groups in total. The van der Waals surface area contributed by atoms with Crippen LogP contribution in [-0.2, 0) is 0 Å². The predicted octanol–water partition coefficient (Wildman–Crippen LogP) is 33.5. The van der Waals surface area contributed by atoms with E-state index >= 15 is 0 Å². The van der Waals surface area contributed by atoms with Crippen LogP contribution in [0.1, 0.15) is 0 Å². The predicted molar refractivity (Wildman–Crippen MR) is 603 cm³/mol. The lowest BCUT2D eigenvalue weighted by Gasteiger charge is -2.12. The molecule has 14 aromatic heterocycles. The number of hydrogen-bond acceptors (Lipinski definition) is 6. The van der Waals surface area contributed by atoms with Crippen LogP contribution in [0.15, 0.2) is 455 Å². The summed E-state index contributed by atoms with van der Waals surface area (Å²) in [6.45, 7) is 0. The van der Waals surface area contributed by atoms with Gasteiger partial charge >= 0.3 is 0 Å². The second kappa shape index (κ2) is 29.4. The fraction of sp³-hybridized carbons (Fsp3) is 0. The Labute approximate surface area is 823 Å². The van der Waals surface area contributed by atoms with Crippen LogP contribution in [-0.4, -0.2) is 61.4 Å². The molecule has 13 heteroatoms. The van der Waals surface area contributed by atoms with E-state index in [-0.39, 0.29) is 0 Å². The van der Waals surface area contributed by atoms with Gasteiger partial charge in [-0.2, -0.15) is 4.98 Å². The number of benzene rings is 21. The molecular formula is C132H75N13. The van der Waals surface area contributed by atoms with Crippen LogP contribution < -0.4 is 0 Å². The third-order valence-corrected chi connectivity index (χ3v) is 31.2. The Morgan fingerprint density at radius 1 is 0.179 bits per heavy atom. The highest BCUT2D eigenvalue weighted by Crippen LogP contribution is 2.53. The molecule has 0 aliphatic rings. The number of nitrogens with zero attached hydrogens (tertiary/aromatic N) is 13. The lowest BCUT2D eigenvalue weighted by molar-refractivity contribution is 1.00. The van der Waals surface area contributed by atoms with Crippen LogP contribution in [0.4, 0.5) is 0 Å². The van der Waals surface area contributed by atoms with Crippen molar-refractivity contribution in [1.82, 2.24) is 61.4 Å². The maximum Gasteiger partial charge on any atom is 0.236 e. The molecule has 0 aliphatic carbocycles. The van der Waals surface area contributed by atoms with Crippen LogP contribution in [0.25, 0.3) is 312 Å². The molecule has 0 saturated heterocycles. The van der Waals surface area contributed by atoms with Gasteiger partial charge in [0.05, 0.1) is 111 Å². The molecule has 0 saturated carbocycles. The summed E-state index contributed by atoms with van der Waals surface area (Å²) in [7, 11) is 0. The second-order valence-corrected chi connectivity index (χ2v) is 38.8. The van der Waals surface area contributed by atoms with E-state index in [2.05, 4.69) is 467 Å². The molecule has 35 aromatic rings. The summed E-state index contributed by atoms with van der Waals surface area (Å²) in [5, 5.41) is 36.7. The van der Waals surface area contributed by atoms with Gasteiger partial charge in [0.25, 0.3) is 0 Å². The van der Waals surface area contributed by atoms with Crippen LogP contribution in [0.3, 0.4) is 0 Å². The summed E-state index contributed by atoms with van der Waals surface area (Å²) in [6.07, 6.45) is 5.74. The quantitative estimate of drug-likeness (QED) is 0.164. The average Bonchev–Trinajstić information content (AvgIpc) is 1.52. The smallest absolute Gasteiger partial charge is 0.236 e. The maximum atomic E-state index is 5.27. The Hall–Kier alpha value is -19.8. The largest absolute Gasteiger partial charge is 0.309 e. The van der Waals surface area contributed by atoms with E-state index in [1.54, 1.807) is 6.20 Å². The Balaban J connectivity index is 0.0000000966. The molecule has 35 rings (SSSR count). The van der Waals surface area contributed by atoms with Gasteiger partial charge in [-0.1, -0.05) is 273 Å². The van der Waals surface area contributed by atoms with E-state index in [9.17, 15) is 0 Å². The first-order valence-corrected chi connectivity index (χ1v) is 49.4. The van der Waals surface area contributed by atoms with Gasteiger partial charge in [0.15, 0.2) is 11.5 Å². The van der Waals surface area contributed by atoms with Gasteiger partial charge in [0, 0.05) is 153 Å². The summed E-state index contributed by atoms with van der Waals surface area (Å²) in [4.78, 5) is 30.1. The molecule has 0 aliphatic heterocycles. The standard InChI is InChI=1S/C52H30N4.C45H26N4.C35H19N5/c1-2-12-33-27-36(22-21-31(33)11-1)49-39-16-5-8-18-44(39)53-52(54-49)32-23-25-37(26-24-32)55-47-29-35-14-4-3-13-34(35)28-41(47)43-30-42-38-15-6-9-19-45(38)56-46-20-10-7-17-40(46)48(50(43)55)51(42)56;1-2-14-29(15-3-1)48-38-19-9-7-17-32(38)37-24-30(26-46-45(37)48)47-41-23-28-13-5-4-12-27(28)22-34(41)36-25-35-31-16-6-10-20-39(31)49-40-21-11-8-18-33(40)42(43(36)47)44(35)49;1-2-9-21-17-30-25(16-20(21)8-1)27-18-26-23-11-3-5-13-28(23)39-29-14-6-4-12-24(29)31(32(26)39)33(27)40(30)35-37-19-22-10-7-15-36-34(22)38-35/h1-30H;1-26H;1-19H. The molecule has 13 nitrogen and oxygen atoms in total. The number of rotatable bonds is 6. The summed E-state index contributed by atoms with van der Waals surface area (Å²) in [6, 6.07) is 158. The van der Waals surface area contributed by atoms with Crippen molar-refractivity contribution in [2.45, 2.75) is 0 Å². The molecule has 14 heterocycles. The van der Waals surface area contributed by atoms with Gasteiger partial charge in [0.1, 0.15) is 5.65 Å². The SMILES string of the molecule is c1ccc(-n2c3ccccc3c3cc(-n4c5cc6ccccc6cc5c5cc6c7ccccc7n7c8ccccc8c(c54)c67)cnc32)cc1.c1ccc2cc(-c3nc(-c4ccc(-n5c6cc7ccccc7cc6c6cc7c8ccccc8n8c9ccccc9c(c65)c78)cc4)nc4ccccc34)ccc2c1.c1ccc2cc3c(cc2c1)c1cc2c4ccccc4n4c5ccccc5c(c1n3-c1ncc3cccnc3n1)c24. The van der Waals surface area contributed by atoms with E-state index < -0.39 is 0 Å². The van der Waals surface area contributed by atoms with Gasteiger partial charge in [-0.3, -0.25) is 9.13 Å². The molecule has 0 fully saturated rings. The van der Waals surface area contributed by atoms with Crippen molar-refractivity contribution < 1.29 is 0 Å². The van der Waals surface area contributed by atoms with Gasteiger partial charge in [-0.25, -0.2) is 24.9 Å². The minimum atomic E-state index is 0.629.